The molecule has 90 valence electrons. The molecule has 1 aliphatic rings. The van der Waals surface area contributed by atoms with Crippen LogP contribution in [-0.4, -0.2) is 29.2 Å². The van der Waals surface area contributed by atoms with Gasteiger partial charge in [-0.1, -0.05) is 13.8 Å². The third-order valence-corrected chi connectivity index (χ3v) is 2.18. The maximum absolute atomic E-state index is 11.6. The summed E-state index contributed by atoms with van der Waals surface area (Å²) in [6.45, 7) is 12.6. The first kappa shape index (κ1) is 14.3. The van der Waals surface area contributed by atoms with Crippen molar-refractivity contribution < 1.29 is 9.53 Å². The minimum absolute atomic E-state index is 0.169. The van der Waals surface area contributed by atoms with Crippen LogP contribution in [0.25, 0.3) is 0 Å². The zero-order valence-electron chi connectivity index (χ0n) is 11.0. The van der Waals surface area contributed by atoms with Crippen LogP contribution in [0.4, 0.5) is 4.79 Å². The highest BCUT2D eigenvalue weighted by molar-refractivity contribution is 5.68. The quantitative estimate of drug-likeness (QED) is 0.619. The lowest BCUT2D eigenvalue weighted by Crippen LogP contribution is -2.38. The van der Waals surface area contributed by atoms with Crippen molar-refractivity contribution in [1.82, 2.24) is 4.90 Å². The molecule has 3 nitrogen and oxygen atoms in total. The number of carbonyl (C=O) groups is 1. The number of hydrogen-bond acceptors (Lipinski definition) is 2. The van der Waals surface area contributed by atoms with Gasteiger partial charge in [0, 0.05) is 12.6 Å². The number of hydrogen-bond donors (Lipinski definition) is 0. The van der Waals surface area contributed by atoms with E-state index in [2.05, 4.69) is 6.92 Å². The topological polar surface area (TPSA) is 29.5 Å². The van der Waals surface area contributed by atoms with Gasteiger partial charge in [0.15, 0.2) is 0 Å². The second-order valence-electron chi connectivity index (χ2n) is 4.66. The van der Waals surface area contributed by atoms with Crippen molar-refractivity contribution in [3.05, 3.63) is 0 Å². The van der Waals surface area contributed by atoms with Gasteiger partial charge in [-0.15, -0.1) is 0 Å². The fraction of sp³-hybridized carbons (Fsp3) is 0.917. The van der Waals surface area contributed by atoms with Crippen LogP contribution in [0.5, 0.6) is 0 Å². The SMILES string of the molecule is CC.CC1CCCN1C(=O)OC(C)(C)C. The predicted molar refractivity (Wildman–Crippen MR) is 63.0 cm³/mol. The Bertz CT molecular complexity index is 196. The second-order valence-corrected chi connectivity index (χ2v) is 4.66. The number of nitrogens with zero attached hydrogens (tertiary/aromatic N) is 1. The number of rotatable bonds is 0. The Balaban J connectivity index is 0.000000921. The molecule has 1 aliphatic heterocycles. The number of carbonyl (C=O) groups excluding carboxylic acids is 1. The van der Waals surface area contributed by atoms with Gasteiger partial charge in [-0.25, -0.2) is 4.79 Å². The van der Waals surface area contributed by atoms with Gasteiger partial charge in [0.05, 0.1) is 0 Å². The lowest BCUT2D eigenvalue weighted by Gasteiger charge is -2.26. The highest BCUT2D eigenvalue weighted by atomic mass is 16.6. The maximum Gasteiger partial charge on any atom is 0.410 e. The molecule has 15 heavy (non-hydrogen) atoms. The van der Waals surface area contributed by atoms with E-state index in [-0.39, 0.29) is 11.7 Å². The fourth-order valence-electron chi connectivity index (χ4n) is 1.53. The average molecular weight is 215 g/mol. The lowest BCUT2D eigenvalue weighted by molar-refractivity contribution is 0.0239. The van der Waals surface area contributed by atoms with Gasteiger partial charge >= 0.3 is 6.09 Å². The average Bonchev–Trinajstić information content (AvgIpc) is 2.52. The summed E-state index contributed by atoms with van der Waals surface area (Å²) in [6.07, 6.45) is 2.03. The van der Waals surface area contributed by atoms with E-state index in [0.717, 1.165) is 19.4 Å². The van der Waals surface area contributed by atoms with Crippen LogP contribution in [-0.2, 0) is 4.74 Å². The molecule has 1 atom stereocenters. The highest BCUT2D eigenvalue weighted by Gasteiger charge is 2.28. The highest BCUT2D eigenvalue weighted by Crippen LogP contribution is 2.19. The summed E-state index contributed by atoms with van der Waals surface area (Å²) >= 11 is 0. The Hall–Kier alpha value is -0.730. The summed E-state index contributed by atoms with van der Waals surface area (Å²) in [5, 5.41) is 0. The zero-order valence-corrected chi connectivity index (χ0v) is 11.0. The molecule has 0 saturated carbocycles. The molecule has 0 bridgehead atoms. The Morgan fingerprint density at radius 3 is 2.20 bits per heavy atom. The minimum atomic E-state index is -0.376. The number of likely N-dealkylation sites (tertiary alicyclic amines) is 1. The van der Waals surface area contributed by atoms with Crippen LogP contribution in [0, 0.1) is 0 Å². The Labute approximate surface area is 93.8 Å². The fourth-order valence-corrected chi connectivity index (χ4v) is 1.53. The van der Waals surface area contributed by atoms with Crippen LogP contribution in [0.3, 0.4) is 0 Å². The van der Waals surface area contributed by atoms with Crippen molar-refractivity contribution in [2.75, 3.05) is 6.54 Å². The molecule has 0 aromatic rings. The van der Waals surface area contributed by atoms with E-state index >= 15 is 0 Å². The molecule has 0 N–H and O–H groups in total. The van der Waals surface area contributed by atoms with Crippen molar-refractivity contribution in [2.45, 2.75) is 66.0 Å². The monoisotopic (exact) mass is 215 g/mol. The molecule has 0 aromatic heterocycles. The molecule has 1 amide bonds. The van der Waals surface area contributed by atoms with Crippen LogP contribution < -0.4 is 0 Å². The Morgan fingerprint density at radius 1 is 1.33 bits per heavy atom. The summed E-state index contributed by atoms with van der Waals surface area (Å²) in [5.74, 6) is 0. The van der Waals surface area contributed by atoms with Crippen molar-refractivity contribution in [1.29, 1.82) is 0 Å². The smallest absolute Gasteiger partial charge is 0.410 e. The molecule has 3 heteroatoms. The van der Waals surface area contributed by atoms with E-state index in [4.69, 9.17) is 4.74 Å². The Morgan fingerprint density at radius 2 is 1.87 bits per heavy atom. The van der Waals surface area contributed by atoms with E-state index in [1.54, 1.807) is 0 Å². The minimum Gasteiger partial charge on any atom is -0.444 e. The number of ether oxygens (including phenoxy) is 1. The standard InChI is InChI=1S/C10H19NO2.C2H6/c1-8-6-5-7-11(8)9(12)13-10(2,3)4;1-2/h8H,5-7H2,1-4H3;1-2H3. The van der Waals surface area contributed by atoms with Crippen LogP contribution in [0.15, 0.2) is 0 Å². The summed E-state index contributed by atoms with van der Waals surface area (Å²) < 4.78 is 5.28. The Kier molecular flexibility index (Phi) is 5.69. The molecule has 0 aliphatic carbocycles. The predicted octanol–water partition coefficient (Wildman–Crippen LogP) is 3.43. The molecule has 0 aromatic carbocycles. The molecule has 0 radical (unpaired) electrons. The molecule has 1 rings (SSSR count). The van der Waals surface area contributed by atoms with Crippen molar-refractivity contribution in [3.63, 3.8) is 0 Å². The van der Waals surface area contributed by atoms with E-state index in [1.165, 1.54) is 0 Å². The van der Waals surface area contributed by atoms with Gasteiger partial charge in [-0.2, -0.15) is 0 Å². The first-order chi connectivity index (χ1) is 6.90. The van der Waals surface area contributed by atoms with Crippen molar-refractivity contribution in [3.8, 4) is 0 Å². The van der Waals surface area contributed by atoms with E-state index in [1.807, 2.05) is 39.5 Å². The molecular formula is C12H25NO2. The molecule has 1 heterocycles. The van der Waals surface area contributed by atoms with Crippen molar-refractivity contribution in [2.24, 2.45) is 0 Å². The summed E-state index contributed by atoms with van der Waals surface area (Å²) in [6, 6.07) is 0.342. The van der Waals surface area contributed by atoms with Crippen LogP contribution in [0.1, 0.15) is 54.4 Å². The van der Waals surface area contributed by atoms with Crippen LogP contribution >= 0.6 is 0 Å². The first-order valence-corrected chi connectivity index (χ1v) is 5.90. The molecule has 1 unspecified atom stereocenters. The van der Waals surface area contributed by atoms with Gasteiger partial charge in [0.2, 0.25) is 0 Å². The van der Waals surface area contributed by atoms with Crippen molar-refractivity contribution >= 4 is 6.09 Å². The van der Waals surface area contributed by atoms with Crippen LogP contribution in [0.2, 0.25) is 0 Å². The molecule has 1 fully saturated rings. The van der Waals surface area contributed by atoms with E-state index in [0.29, 0.717) is 6.04 Å². The van der Waals surface area contributed by atoms with E-state index in [9.17, 15) is 4.79 Å². The van der Waals surface area contributed by atoms with E-state index < -0.39 is 0 Å². The van der Waals surface area contributed by atoms with Gasteiger partial charge < -0.3 is 9.64 Å². The first-order valence-electron chi connectivity index (χ1n) is 5.90. The summed E-state index contributed by atoms with van der Waals surface area (Å²) in [4.78, 5) is 13.4. The third-order valence-electron chi connectivity index (χ3n) is 2.18. The largest absolute Gasteiger partial charge is 0.444 e. The third kappa shape index (κ3) is 5.05. The van der Waals surface area contributed by atoms with Gasteiger partial charge in [0.1, 0.15) is 5.60 Å². The summed E-state index contributed by atoms with van der Waals surface area (Å²) in [7, 11) is 0. The molecular weight excluding hydrogens is 190 g/mol. The lowest BCUT2D eigenvalue weighted by atomic mass is 10.2. The zero-order chi connectivity index (χ0) is 12.1. The second kappa shape index (κ2) is 5.99. The van der Waals surface area contributed by atoms with Gasteiger partial charge in [-0.3, -0.25) is 0 Å². The summed E-state index contributed by atoms with van der Waals surface area (Å²) in [5.41, 5.74) is -0.376. The normalized spacial score (nSPS) is 20.7. The van der Waals surface area contributed by atoms with Gasteiger partial charge in [-0.05, 0) is 40.5 Å². The molecule has 0 spiro atoms. The maximum atomic E-state index is 11.6. The molecule has 1 saturated heterocycles. The van der Waals surface area contributed by atoms with Gasteiger partial charge in [0.25, 0.3) is 0 Å². The number of amides is 1.